The molecule has 0 radical (unpaired) electrons. The summed E-state index contributed by atoms with van der Waals surface area (Å²) in [4.78, 5) is 1.50. The summed E-state index contributed by atoms with van der Waals surface area (Å²) in [6.45, 7) is 8.99. The summed E-state index contributed by atoms with van der Waals surface area (Å²) < 4.78 is 0. The van der Waals surface area contributed by atoms with E-state index in [0.717, 1.165) is 13.1 Å². The van der Waals surface area contributed by atoms with Crippen LogP contribution in [0.2, 0.25) is 0 Å². The summed E-state index contributed by atoms with van der Waals surface area (Å²) in [6, 6.07) is 14.0. The van der Waals surface area contributed by atoms with E-state index in [1.54, 1.807) is 0 Å². The molecule has 0 unspecified atom stereocenters. The molecule has 2 nitrogen and oxygen atoms in total. The van der Waals surface area contributed by atoms with Crippen molar-refractivity contribution >= 4 is 11.3 Å². The molecule has 2 N–H and O–H groups in total. The van der Waals surface area contributed by atoms with E-state index in [-0.39, 0.29) is 5.41 Å². The van der Waals surface area contributed by atoms with E-state index >= 15 is 0 Å². The first-order chi connectivity index (χ1) is 11.1. The largest absolute Gasteiger partial charge is 0.309 e. The summed E-state index contributed by atoms with van der Waals surface area (Å²) in [6.07, 6.45) is 2.48. The van der Waals surface area contributed by atoms with Gasteiger partial charge in [-0.1, -0.05) is 51.1 Å². The van der Waals surface area contributed by atoms with Crippen molar-refractivity contribution in [1.82, 2.24) is 10.6 Å². The Labute approximate surface area is 144 Å². The Hall–Kier alpha value is -1.16. The van der Waals surface area contributed by atoms with Gasteiger partial charge in [0, 0.05) is 23.5 Å². The minimum Gasteiger partial charge on any atom is -0.309 e. The van der Waals surface area contributed by atoms with Gasteiger partial charge in [0.1, 0.15) is 0 Å². The molecule has 0 amide bonds. The highest BCUT2D eigenvalue weighted by atomic mass is 32.1. The number of hydrogen-bond acceptors (Lipinski definition) is 3. The molecule has 1 saturated heterocycles. The van der Waals surface area contributed by atoms with Gasteiger partial charge in [-0.05, 0) is 47.4 Å². The third-order valence-corrected chi connectivity index (χ3v) is 5.98. The molecule has 2 heterocycles. The third kappa shape index (κ3) is 4.03. The van der Waals surface area contributed by atoms with Crippen LogP contribution < -0.4 is 10.6 Å². The fourth-order valence-electron chi connectivity index (χ4n) is 3.49. The molecule has 2 atom stereocenters. The van der Waals surface area contributed by atoms with Gasteiger partial charge in [-0.25, -0.2) is 0 Å². The van der Waals surface area contributed by atoms with Crippen molar-refractivity contribution in [1.29, 1.82) is 0 Å². The molecule has 2 aromatic rings. The zero-order valence-electron chi connectivity index (χ0n) is 14.4. The van der Waals surface area contributed by atoms with E-state index in [9.17, 15) is 0 Å². The lowest BCUT2D eigenvalue weighted by atomic mass is 9.90. The van der Waals surface area contributed by atoms with Gasteiger partial charge >= 0.3 is 0 Å². The van der Waals surface area contributed by atoms with Crippen LogP contribution in [0.5, 0.6) is 0 Å². The molecule has 1 aliphatic rings. The zero-order chi connectivity index (χ0) is 16.3. The van der Waals surface area contributed by atoms with Gasteiger partial charge in [0.15, 0.2) is 0 Å². The van der Waals surface area contributed by atoms with E-state index in [4.69, 9.17) is 0 Å². The van der Waals surface area contributed by atoms with Crippen molar-refractivity contribution in [2.75, 3.05) is 6.54 Å². The maximum Gasteiger partial charge on any atom is 0.0476 e. The van der Waals surface area contributed by atoms with Crippen LogP contribution in [0.4, 0.5) is 0 Å². The first-order valence-corrected chi connectivity index (χ1v) is 9.52. The Balaban J connectivity index is 1.70. The first-order valence-electron chi connectivity index (χ1n) is 8.64. The molecule has 1 fully saturated rings. The molecular formula is C20H28N2S. The summed E-state index contributed by atoms with van der Waals surface area (Å²) >= 11 is 1.88. The van der Waals surface area contributed by atoms with E-state index < -0.39 is 0 Å². The zero-order valence-corrected chi connectivity index (χ0v) is 15.2. The summed E-state index contributed by atoms with van der Waals surface area (Å²) in [5.74, 6) is 0. The summed E-state index contributed by atoms with van der Waals surface area (Å²) in [5, 5.41) is 9.76. The predicted molar refractivity (Wildman–Crippen MR) is 100 cm³/mol. The van der Waals surface area contributed by atoms with E-state index in [0.29, 0.717) is 12.1 Å². The number of benzene rings is 1. The highest BCUT2D eigenvalue weighted by molar-refractivity contribution is 7.10. The van der Waals surface area contributed by atoms with Crippen LogP contribution >= 0.6 is 11.3 Å². The highest BCUT2D eigenvalue weighted by Crippen LogP contribution is 2.31. The van der Waals surface area contributed by atoms with Crippen molar-refractivity contribution in [3.05, 3.63) is 57.8 Å². The molecule has 0 saturated carbocycles. The van der Waals surface area contributed by atoms with Crippen LogP contribution in [0, 0.1) is 0 Å². The number of rotatable bonds is 4. The van der Waals surface area contributed by atoms with Crippen LogP contribution in [0.15, 0.2) is 41.8 Å². The smallest absolute Gasteiger partial charge is 0.0476 e. The molecule has 1 aromatic heterocycles. The molecule has 124 valence electrons. The topological polar surface area (TPSA) is 24.1 Å². The number of piperidine rings is 1. The van der Waals surface area contributed by atoms with Crippen LogP contribution in [0.25, 0.3) is 0 Å². The monoisotopic (exact) mass is 328 g/mol. The maximum atomic E-state index is 3.83. The Morgan fingerprint density at radius 2 is 1.96 bits per heavy atom. The van der Waals surface area contributed by atoms with Crippen molar-refractivity contribution in [3.63, 3.8) is 0 Å². The van der Waals surface area contributed by atoms with Crippen LogP contribution in [0.3, 0.4) is 0 Å². The van der Waals surface area contributed by atoms with Crippen molar-refractivity contribution in [2.24, 2.45) is 0 Å². The van der Waals surface area contributed by atoms with Crippen molar-refractivity contribution in [3.8, 4) is 0 Å². The average molecular weight is 329 g/mol. The Morgan fingerprint density at radius 1 is 1.17 bits per heavy atom. The fraction of sp³-hybridized carbons (Fsp3) is 0.500. The van der Waals surface area contributed by atoms with Gasteiger partial charge in [0.2, 0.25) is 0 Å². The molecule has 3 rings (SSSR count). The van der Waals surface area contributed by atoms with Crippen LogP contribution in [0.1, 0.15) is 55.7 Å². The van der Waals surface area contributed by atoms with Gasteiger partial charge < -0.3 is 10.6 Å². The normalized spacial score (nSPS) is 22.2. The standard InChI is InChI=1S/C20H28N2S/c1-20(2,3)19-16(11-13-23-19)14-22-17-10-7-12-21-18(17)15-8-5-4-6-9-15/h4-6,8-9,11,13,17-18,21-22H,7,10,12,14H2,1-3H3/t17-,18-/m0/s1. The lowest BCUT2D eigenvalue weighted by Gasteiger charge is -2.34. The van der Waals surface area contributed by atoms with E-state index in [1.165, 1.54) is 28.8 Å². The predicted octanol–water partition coefficient (Wildman–Crippen LogP) is 4.63. The molecule has 1 aliphatic heterocycles. The second kappa shape index (κ2) is 7.16. The second-order valence-electron chi connectivity index (χ2n) is 7.50. The minimum absolute atomic E-state index is 0.231. The minimum atomic E-state index is 0.231. The lowest BCUT2D eigenvalue weighted by molar-refractivity contribution is 0.304. The molecule has 3 heteroatoms. The van der Waals surface area contributed by atoms with Crippen molar-refractivity contribution in [2.45, 2.75) is 57.7 Å². The van der Waals surface area contributed by atoms with Gasteiger partial charge in [0.05, 0.1) is 0 Å². The van der Waals surface area contributed by atoms with Gasteiger partial charge in [0.25, 0.3) is 0 Å². The Kier molecular flexibility index (Phi) is 5.20. The summed E-state index contributed by atoms with van der Waals surface area (Å²) in [7, 11) is 0. The Bertz CT molecular complexity index is 612. The van der Waals surface area contributed by atoms with Gasteiger partial charge in [-0.2, -0.15) is 0 Å². The molecular weight excluding hydrogens is 300 g/mol. The third-order valence-electron chi connectivity index (χ3n) is 4.60. The highest BCUT2D eigenvalue weighted by Gasteiger charge is 2.26. The first kappa shape index (κ1) is 16.7. The van der Waals surface area contributed by atoms with E-state index in [1.807, 2.05) is 11.3 Å². The van der Waals surface area contributed by atoms with Crippen LogP contribution in [-0.4, -0.2) is 12.6 Å². The lowest BCUT2D eigenvalue weighted by Crippen LogP contribution is -2.45. The molecule has 1 aromatic carbocycles. The molecule has 0 bridgehead atoms. The van der Waals surface area contributed by atoms with E-state index in [2.05, 4.69) is 73.2 Å². The maximum absolute atomic E-state index is 3.83. The number of hydrogen-bond donors (Lipinski definition) is 2. The summed E-state index contributed by atoms with van der Waals surface area (Å²) in [5.41, 5.74) is 3.08. The Morgan fingerprint density at radius 3 is 2.70 bits per heavy atom. The number of nitrogens with one attached hydrogen (secondary N) is 2. The average Bonchev–Trinajstić information content (AvgIpc) is 3.03. The van der Waals surface area contributed by atoms with Gasteiger partial charge in [-0.3, -0.25) is 0 Å². The SMILES string of the molecule is CC(C)(C)c1sccc1CN[C@H]1CCCN[C@H]1c1ccccc1. The number of thiophene rings is 1. The molecule has 0 spiro atoms. The fourth-order valence-corrected chi connectivity index (χ4v) is 4.51. The molecule has 0 aliphatic carbocycles. The quantitative estimate of drug-likeness (QED) is 0.855. The van der Waals surface area contributed by atoms with Crippen molar-refractivity contribution < 1.29 is 0 Å². The second-order valence-corrected chi connectivity index (χ2v) is 8.41. The van der Waals surface area contributed by atoms with Crippen LogP contribution in [-0.2, 0) is 12.0 Å². The van der Waals surface area contributed by atoms with Gasteiger partial charge in [-0.15, -0.1) is 11.3 Å². The molecule has 23 heavy (non-hydrogen) atoms.